The maximum atomic E-state index is 13.0. The smallest absolute Gasteiger partial charge is 0.264 e. The standard InChI is InChI=1S/C22H35N3O3S/c1-22(2,3)17-5-6-18-16(13-17)14-19(29-18)21(27)25-10-8-24(9-11-25)15-20(26)23-7-12-28-4/h14,17H,5-13,15H2,1-4H3,(H,23,26). The summed E-state index contributed by atoms with van der Waals surface area (Å²) in [6.45, 7) is 11.2. The number of thiophene rings is 1. The molecule has 0 radical (unpaired) electrons. The van der Waals surface area contributed by atoms with Gasteiger partial charge in [0.1, 0.15) is 0 Å². The van der Waals surface area contributed by atoms with Gasteiger partial charge in [-0.2, -0.15) is 0 Å². The van der Waals surface area contributed by atoms with Gasteiger partial charge in [-0.25, -0.2) is 0 Å². The van der Waals surface area contributed by atoms with Crippen molar-refractivity contribution in [2.75, 3.05) is 53.0 Å². The van der Waals surface area contributed by atoms with Crippen molar-refractivity contribution in [3.8, 4) is 0 Å². The number of aryl methyl sites for hydroxylation is 1. The lowest BCUT2D eigenvalue weighted by Crippen LogP contribution is -2.51. The molecule has 29 heavy (non-hydrogen) atoms. The van der Waals surface area contributed by atoms with Crippen LogP contribution < -0.4 is 5.32 Å². The molecule has 0 bridgehead atoms. The molecule has 0 spiro atoms. The van der Waals surface area contributed by atoms with Crippen LogP contribution in [-0.2, 0) is 22.4 Å². The van der Waals surface area contributed by atoms with Crippen LogP contribution >= 0.6 is 11.3 Å². The molecule has 0 saturated carbocycles. The van der Waals surface area contributed by atoms with Crippen LogP contribution in [0.15, 0.2) is 6.07 Å². The van der Waals surface area contributed by atoms with Crippen LogP contribution in [0.5, 0.6) is 0 Å². The first-order valence-corrected chi connectivity index (χ1v) is 11.5. The third-order valence-electron chi connectivity index (χ3n) is 6.17. The van der Waals surface area contributed by atoms with E-state index in [9.17, 15) is 9.59 Å². The van der Waals surface area contributed by atoms with Crippen molar-refractivity contribution >= 4 is 23.2 Å². The Labute approximate surface area is 178 Å². The van der Waals surface area contributed by atoms with Gasteiger partial charge in [0.25, 0.3) is 5.91 Å². The van der Waals surface area contributed by atoms with E-state index in [0.29, 0.717) is 44.1 Å². The van der Waals surface area contributed by atoms with Gasteiger partial charge in [0.05, 0.1) is 18.0 Å². The van der Waals surface area contributed by atoms with Crippen molar-refractivity contribution in [2.24, 2.45) is 11.3 Å². The van der Waals surface area contributed by atoms with Crippen LogP contribution in [0.2, 0.25) is 0 Å². The molecule has 1 unspecified atom stereocenters. The van der Waals surface area contributed by atoms with Crippen LogP contribution in [0, 0.1) is 11.3 Å². The molecule has 7 heteroatoms. The first kappa shape index (κ1) is 22.2. The quantitative estimate of drug-likeness (QED) is 0.717. The average Bonchev–Trinajstić information content (AvgIpc) is 3.11. The van der Waals surface area contributed by atoms with Crippen LogP contribution in [0.25, 0.3) is 0 Å². The summed E-state index contributed by atoms with van der Waals surface area (Å²) in [5.41, 5.74) is 1.70. The van der Waals surface area contributed by atoms with Crippen molar-refractivity contribution in [1.82, 2.24) is 15.1 Å². The average molecular weight is 422 g/mol. The number of fused-ring (bicyclic) bond motifs is 1. The minimum absolute atomic E-state index is 0.0150. The summed E-state index contributed by atoms with van der Waals surface area (Å²) >= 11 is 1.69. The monoisotopic (exact) mass is 421 g/mol. The first-order chi connectivity index (χ1) is 13.8. The maximum Gasteiger partial charge on any atom is 0.264 e. The fourth-order valence-electron chi connectivity index (χ4n) is 4.18. The van der Waals surface area contributed by atoms with Crippen molar-refractivity contribution < 1.29 is 14.3 Å². The normalized spacial score (nSPS) is 20.4. The lowest BCUT2D eigenvalue weighted by molar-refractivity contribution is -0.122. The van der Waals surface area contributed by atoms with Gasteiger partial charge in [-0.15, -0.1) is 11.3 Å². The Morgan fingerprint density at radius 1 is 1.24 bits per heavy atom. The van der Waals surface area contributed by atoms with Crippen LogP contribution in [0.3, 0.4) is 0 Å². The lowest BCUT2D eigenvalue weighted by Gasteiger charge is -2.34. The highest BCUT2D eigenvalue weighted by molar-refractivity contribution is 7.14. The van der Waals surface area contributed by atoms with Crippen LogP contribution in [0.4, 0.5) is 0 Å². The van der Waals surface area contributed by atoms with E-state index in [1.807, 2.05) is 4.90 Å². The summed E-state index contributed by atoms with van der Waals surface area (Å²) in [6.07, 6.45) is 3.41. The minimum Gasteiger partial charge on any atom is -0.383 e. The molecule has 1 aromatic rings. The number of piperazine rings is 1. The highest BCUT2D eigenvalue weighted by atomic mass is 32.1. The summed E-state index contributed by atoms with van der Waals surface area (Å²) in [5.74, 6) is 0.855. The highest BCUT2D eigenvalue weighted by Gasteiger charge is 2.31. The molecule has 1 aliphatic carbocycles. The minimum atomic E-state index is 0.0150. The number of methoxy groups -OCH3 is 1. The number of amides is 2. The van der Waals surface area contributed by atoms with E-state index in [0.717, 1.165) is 30.8 Å². The topological polar surface area (TPSA) is 61.9 Å². The van der Waals surface area contributed by atoms with E-state index in [1.165, 1.54) is 16.9 Å². The molecular formula is C22H35N3O3S. The Morgan fingerprint density at radius 3 is 2.62 bits per heavy atom. The number of hydrogen-bond donors (Lipinski definition) is 1. The van der Waals surface area contributed by atoms with Gasteiger partial charge in [-0.3, -0.25) is 14.5 Å². The fourth-order valence-corrected chi connectivity index (χ4v) is 5.36. The number of hydrogen-bond acceptors (Lipinski definition) is 5. The zero-order valence-corrected chi connectivity index (χ0v) is 19.1. The molecule has 1 fully saturated rings. The Bertz CT molecular complexity index is 717. The van der Waals surface area contributed by atoms with E-state index in [-0.39, 0.29) is 11.8 Å². The Balaban J connectivity index is 1.50. The molecule has 1 N–H and O–H groups in total. The van der Waals surface area contributed by atoms with E-state index < -0.39 is 0 Å². The molecule has 2 amide bonds. The Morgan fingerprint density at radius 2 is 1.97 bits per heavy atom. The predicted octanol–water partition coefficient (Wildman–Crippen LogP) is 2.42. The number of rotatable bonds is 6. The zero-order valence-electron chi connectivity index (χ0n) is 18.3. The van der Waals surface area contributed by atoms with Crippen molar-refractivity contribution in [3.63, 3.8) is 0 Å². The van der Waals surface area contributed by atoms with Gasteiger partial charge in [0, 0.05) is 44.7 Å². The SMILES string of the molecule is COCCNC(=O)CN1CCN(C(=O)c2cc3c(s2)CCC(C(C)(C)C)C3)CC1. The third kappa shape index (κ3) is 5.80. The molecule has 1 aromatic heterocycles. The molecular weight excluding hydrogens is 386 g/mol. The Kier molecular flexibility index (Phi) is 7.35. The van der Waals surface area contributed by atoms with E-state index in [1.54, 1.807) is 18.4 Å². The molecule has 1 atom stereocenters. The van der Waals surface area contributed by atoms with Gasteiger partial charge in [0.2, 0.25) is 5.91 Å². The number of nitrogens with one attached hydrogen (secondary N) is 1. The molecule has 3 rings (SSSR count). The van der Waals surface area contributed by atoms with E-state index in [2.05, 4.69) is 37.1 Å². The summed E-state index contributed by atoms with van der Waals surface area (Å²) < 4.78 is 4.95. The summed E-state index contributed by atoms with van der Waals surface area (Å²) in [4.78, 5) is 31.3. The molecule has 1 aliphatic heterocycles. The summed E-state index contributed by atoms with van der Waals surface area (Å²) in [5, 5.41) is 2.85. The lowest BCUT2D eigenvalue weighted by atomic mass is 9.72. The highest BCUT2D eigenvalue weighted by Crippen LogP contribution is 2.40. The van der Waals surface area contributed by atoms with Gasteiger partial charge in [-0.1, -0.05) is 20.8 Å². The number of carbonyl (C=O) groups excluding carboxylic acids is 2. The fraction of sp³-hybridized carbons (Fsp3) is 0.727. The van der Waals surface area contributed by atoms with E-state index in [4.69, 9.17) is 4.74 Å². The predicted molar refractivity (Wildman–Crippen MR) is 117 cm³/mol. The van der Waals surface area contributed by atoms with Gasteiger partial charge < -0.3 is 15.0 Å². The summed E-state index contributed by atoms with van der Waals surface area (Å²) in [6, 6.07) is 2.15. The van der Waals surface area contributed by atoms with Crippen molar-refractivity contribution in [1.29, 1.82) is 0 Å². The third-order valence-corrected chi connectivity index (χ3v) is 7.40. The molecule has 162 valence electrons. The first-order valence-electron chi connectivity index (χ1n) is 10.7. The Hall–Kier alpha value is -1.44. The molecule has 6 nitrogen and oxygen atoms in total. The number of ether oxygens (including phenoxy) is 1. The molecule has 2 heterocycles. The summed E-state index contributed by atoms with van der Waals surface area (Å²) in [7, 11) is 1.62. The van der Waals surface area contributed by atoms with Gasteiger partial charge in [0.15, 0.2) is 0 Å². The van der Waals surface area contributed by atoms with E-state index >= 15 is 0 Å². The number of carbonyl (C=O) groups is 2. The zero-order chi connectivity index (χ0) is 21.0. The molecule has 2 aliphatic rings. The maximum absolute atomic E-state index is 13.0. The second-order valence-corrected chi connectivity index (χ2v) is 10.4. The van der Waals surface area contributed by atoms with Crippen LogP contribution in [-0.4, -0.2) is 74.6 Å². The second kappa shape index (κ2) is 9.58. The van der Waals surface area contributed by atoms with Crippen LogP contribution in [0.1, 0.15) is 47.3 Å². The second-order valence-electron chi connectivity index (χ2n) is 9.28. The van der Waals surface area contributed by atoms with Crippen molar-refractivity contribution in [3.05, 3.63) is 21.4 Å². The van der Waals surface area contributed by atoms with Gasteiger partial charge in [-0.05, 0) is 42.2 Å². The van der Waals surface area contributed by atoms with Gasteiger partial charge >= 0.3 is 0 Å². The largest absolute Gasteiger partial charge is 0.383 e. The van der Waals surface area contributed by atoms with Crippen molar-refractivity contribution in [2.45, 2.75) is 40.0 Å². The number of nitrogens with zero attached hydrogens (tertiary/aromatic N) is 2. The molecule has 0 aromatic carbocycles. The molecule has 1 saturated heterocycles.